The van der Waals surface area contributed by atoms with Gasteiger partial charge in [0.1, 0.15) is 0 Å². The summed E-state index contributed by atoms with van der Waals surface area (Å²) in [5.41, 5.74) is 6.39. The normalized spacial score (nSPS) is 40.9. The number of likely N-dealkylation sites (N-methyl/N-ethyl adjacent to an activating group) is 1. The highest BCUT2D eigenvalue weighted by molar-refractivity contribution is 4.97. The summed E-state index contributed by atoms with van der Waals surface area (Å²) < 4.78 is 11.8. The molecule has 3 unspecified atom stereocenters. The summed E-state index contributed by atoms with van der Waals surface area (Å²) in [6.07, 6.45) is 2.89. The van der Waals surface area contributed by atoms with Crippen molar-refractivity contribution in [1.29, 1.82) is 0 Å². The van der Waals surface area contributed by atoms with Crippen molar-refractivity contribution in [2.75, 3.05) is 39.9 Å². The molecule has 0 bridgehead atoms. The molecular formula is C14H27N3O2. The van der Waals surface area contributed by atoms with Crippen LogP contribution in [0, 0.1) is 0 Å². The molecular weight excluding hydrogens is 242 g/mol. The molecule has 110 valence electrons. The zero-order valence-corrected chi connectivity index (χ0v) is 12.2. The lowest BCUT2D eigenvalue weighted by Crippen LogP contribution is -2.62. The molecule has 2 saturated heterocycles. The van der Waals surface area contributed by atoms with Gasteiger partial charge < -0.3 is 20.1 Å². The molecule has 0 aromatic carbocycles. The average molecular weight is 269 g/mol. The molecule has 5 nitrogen and oxygen atoms in total. The third-order valence-corrected chi connectivity index (χ3v) is 4.99. The molecule has 0 aromatic rings. The summed E-state index contributed by atoms with van der Waals surface area (Å²) in [7, 11) is 2.19. The van der Waals surface area contributed by atoms with E-state index in [4.69, 9.17) is 15.2 Å². The molecule has 3 fully saturated rings. The lowest BCUT2D eigenvalue weighted by atomic mass is 9.84. The van der Waals surface area contributed by atoms with Crippen molar-refractivity contribution >= 4 is 0 Å². The third-order valence-electron chi connectivity index (χ3n) is 4.99. The second kappa shape index (κ2) is 5.30. The van der Waals surface area contributed by atoms with Crippen LogP contribution in [0.25, 0.3) is 0 Å². The number of piperazine rings is 1. The fraction of sp³-hybridized carbons (Fsp3) is 1.00. The second-order valence-corrected chi connectivity index (χ2v) is 6.43. The van der Waals surface area contributed by atoms with Crippen LogP contribution in [-0.4, -0.2) is 73.6 Å². The molecule has 0 radical (unpaired) electrons. The highest BCUT2D eigenvalue weighted by Crippen LogP contribution is 2.38. The van der Waals surface area contributed by atoms with Gasteiger partial charge in [0.05, 0.1) is 13.2 Å². The Bertz CT molecular complexity index is 320. The molecule has 1 aliphatic carbocycles. The molecule has 0 amide bonds. The van der Waals surface area contributed by atoms with Crippen LogP contribution in [0.15, 0.2) is 0 Å². The molecule has 3 rings (SSSR count). The summed E-state index contributed by atoms with van der Waals surface area (Å²) in [6, 6.07) is 1.21. The van der Waals surface area contributed by atoms with Crippen LogP contribution in [0.4, 0.5) is 0 Å². The zero-order chi connectivity index (χ0) is 13.5. The minimum Gasteiger partial charge on any atom is -0.347 e. The van der Waals surface area contributed by atoms with Gasteiger partial charge in [0.25, 0.3) is 0 Å². The smallest absolute Gasteiger partial charge is 0.170 e. The standard InChI is InChI=1S/C14H27N3O2/c1-11-10-16(2)5-6-17(11)13-9-14(4-3-12(13)15)18-7-8-19-14/h11-13H,3-10,15H2,1-2H3. The van der Waals surface area contributed by atoms with Crippen molar-refractivity contribution in [1.82, 2.24) is 9.80 Å². The van der Waals surface area contributed by atoms with Crippen molar-refractivity contribution in [3.05, 3.63) is 0 Å². The number of ether oxygens (including phenoxy) is 2. The van der Waals surface area contributed by atoms with E-state index in [1.807, 2.05) is 0 Å². The lowest BCUT2D eigenvalue weighted by Gasteiger charge is -2.49. The van der Waals surface area contributed by atoms with Crippen LogP contribution < -0.4 is 5.73 Å². The van der Waals surface area contributed by atoms with Crippen LogP contribution >= 0.6 is 0 Å². The molecule has 0 aromatic heterocycles. The van der Waals surface area contributed by atoms with Crippen LogP contribution in [0.5, 0.6) is 0 Å². The van der Waals surface area contributed by atoms with Gasteiger partial charge in [0.15, 0.2) is 5.79 Å². The first-order valence-corrected chi connectivity index (χ1v) is 7.57. The number of nitrogens with zero attached hydrogens (tertiary/aromatic N) is 2. The predicted molar refractivity (Wildman–Crippen MR) is 73.9 cm³/mol. The number of rotatable bonds is 1. The van der Waals surface area contributed by atoms with E-state index in [-0.39, 0.29) is 11.8 Å². The lowest BCUT2D eigenvalue weighted by molar-refractivity contribution is -0.195. The van der Waals surface area contributed by atoms with E-state index in [2.05, 4.69) is 23.8 Å². The molecule has 2 N–H and O–H groups in total. The fourth-order valence-corrected chi connectivity index (χ4v) is 3.92. The van der Waals surface area contributed by atoms with E-state index in [1.165, 1.54) is 0 Å². The zero-order valence-electron chi connectivity index (χ0n) is 12.2. The molecule has 5 heteroatoms. The van der Waals surface area contributed by atoms with Crippen molar-refractivity contribution in [2.45, 2.75) is 50.1 Å². The summed E-state index contributed by atoms with van der Waals surface area (Å²) in [6.45, 7) is 7.13. The van der Waals surface area contributed by atoms with Gasteiger partial charge in [-0.05, 0) is 20.4 Å². The van der Waals surface area contributed by atoms with Crippen molar-refractivity contribution < 1.29 is 9.47 Å². The van der Waals surface area contributed by atoms with Crippen molar-refractivity contribution in [2.24, 2.45) is 5.73 Å². The summed E-state index contributed by atoms with van der Waals surface area (Å²) in [4.78, 5) is 4.98. The largest absolute Gasteiger partial charge is 0.347 e. The van der Waals surface area contributed by atoms with Gasteiger partial charge in [-0.25, -0.2) is 0 Å². The van der Waals surface area contributed by atoms with Gasteiger partial charge in [-0.15, -0.1) is 0 Å². The Morgan fingerprint density at radius 1 is 1.21 bits per heavy atom. The van der Waals surface area contributed by atoms with E-state index < -0.39 is 0 Å². The van der Waals surface area contributed by atoms with Crippen molar-refractivity contribution in [3.63, 3.8) is 0 Å². The van der Waals surface area contributed by atoms with E-state index in [0.717, 1.165) is 52.1 Å². The van der Waals surface area contributed by atoms with Gasteiger partial charge in [-0.1, -0.05) is 0 Å². The molecule has 19 heavy (non-hydrogen) atoms. The quantitative estimate of drug-likeness (QED) is 0.739. The molecule has 2 aliphatic heterocycles. The van der Waals surface area contributed by atoms with E-state index in [9.17, 15) is 0 Å². The van der Waals surface area contributed by atoms with Crippen LogP contribution in [0.2, 0.25) is 0 Å². The number of hydrogen-bond donors (Lipinski definition) is 1. The van der Waals surface area contributed by atoms with Gasteiger partial charge in [-0.2, -0.15) is 0 Å². The Kier molecular flexibility index (Phi) is 3.84. The maximum Gasteiger partial charge on any atom is 0.170 e. The molecule has 3 aliphatic rings. The summed E-state index contributed by atoms with van der Waals surface area (Å²) >= 11 is 0. The topological polar surface area (TPSA) is 51.0 Å². The maximum absolute atomic E-state index is 6.39. The molecule has 1 saturated carbocycles. The molecule has 1 spiro atoms. The van der Waals surface area contributed by atoms with Gasteiger partial charge in [0, 0.05) is 50.6 Å². The van der Waals surface area contributed by atoms with Crippen molar-refractivity contribution in [3.8, 4) is 0 Å². The fourth-order valence-electron chi connectivity index (χ4n) is 3.92. The predicted octanol–water partition coefficient (Wildman–Crippen LogP) is 0.245. The van der Waals surface area contributed by atoms with Gasteiger partial charge in [0.2, 0.25) is 0 Å². The summed E-state index contributed by atoms with van der Waals surface area (Å²) in [5.74, 6) is -0.330. The SMILES string of the molecule is CC1CN(C)CCN1C1CC2(CCC1N)OCCO2. The molecule has 3 atom stereocenters. The monoisotopic (exact) mass is 269 g/mol. The van der Waals surface area contributed by atoms with Crippen LogP contribution in [-0.2, 0) is 9.47 Å². The van der Waals surface area contributed by atoms with E-state index in [0.29, 0.717) is 12.1 Å². The minimum absolute atomic E-state index is 0.254. The Labute approximate surface area is 116 Å². The number of nitrogens with two attached hydrogens (primary N) is 1. The van der Waals surface area contributed by atoms with Crippen LogP contribution in [0.1, 0.15) is 26.2 Å². The minimum atomic E-state index is -0.330. The first-order valence-electron chi connectivity index (χ1n) is 7.57. The first-order chi connectivity index (χ1) is 9.10. The van der Waals surface area contributed by atoms with Crippen LogP contribution in [0.3, 0.4) is 0 Å². The second-order valence-electron chi connectivity index (χ2n) is 6.43. The Balaban J connectivity index is 1.71. The van der Waals surface area contributed by atoms with E-state index >= 15 is 0 Å². The Hall–Kier alpha value is -0.200. The highest BCUT2D eigenvalue weighted by Gasteiger charge is 2.47. The summed E-state index contributed by atoms with van der Waals surface area (Å²) in [5, 5.41) is 0. The Morgan fingerprint density at radius 3 is 2.63 bits per heavy atom. The average Bonchev–Trinajstić information content (AvgIpc) is 2.82. The molecule has 2 heterocycles. The Morgan fingerprint density at radius 2 is 1.95 bits per heavy atom. The van der Waals surface area contributed by atoms with Gasteiger partial charge in [-0.3, -0.25) is 4.90 Å². The third kappa shape index (κ3) is 2.67. The first kappa shape index (κ1) is 13.8. The maximum atomic E-state index is 6.39. The van der Waals surface area contributed by atoms with E-state index in [1.54, 1.807) is 0 Å². The van der Waals surface area contributed by atoms with Gasteiger partial charge >= 0.3 is 0 Å². The number of hydrogen-bond acceptors (Lipinski definition) is 5. The highest BCUT2D eigenvalue weighted by atomic mass is 16.7.